The first-order valence-electron chi connectivity index (χ1n) is 15.2. The monoisotopic (exact) mass is 665 g/mol. The lowest BCUT2D eigenvalue weighted by molar-refractivity contribution is -0.140. The highest BCUT2D eigenvalue weighted by Gasteiger charge is 2.32. The number of carbonyl (C=O) groups excluding carboxylic acids is 3. The lowest BCUT2D eigenvalue weighted by Crippen LogP contribution is -2.26. The first-order valence-corrected chi connectivity index (χ1v) is 16.0. The van der Waals surface area contributed by atoms with Gasteiger partial charge in [-0.25, -0.2) is 4.98 Å². The summed E-state index contributed by atoms with van der Waals surface area (Å²) >= 11 is 1.03. The highest BCUT2D eigenvalue weighted by Crippen LogP contribution is 2.40. The van der Waals surface area contributed by atoms with Crippen molar-refractivity contribution in [3.05, 3.63) is 94.6 Å². The van der Waals surface area contributed by atoms with Crippen LogP contribution in [0.1, 0.15) is 70.6 Å². The summed E-state index contributed by atoms with van der Waals surface area (Å²) in [5, 5.41) is 5.64. The highest BCUT2D eigenvalue weighted by atomic mass is 32.1. The van der Waals surface area contributed by atoms with Gasteiger partial charge in [0.1, 0.15) is 5.75 Å². The summed E-state index contributed by atoms with van der Waals surface area (Å²) in [6.45, 7) is 0.136. The van der Waals surface area contributed by atoms with Gasteiger partial charge in [0.2, 0.25) is 5.91 Å². The van der Waals surface area contributed by atoms with Gasteiger partial charge in [-0.2, -0.15) is 13.2 Å². The molecule has 2 amide bonds. The van der Waals surface area contributed by atoms with Gasteiger partial charge in [0, 0.05) is 12.1 Å². The minimum absolute atomic E-state index is 0.0198. The van der Waals surface area contributed by atoms with Crippen molar-refractivity contribution in [2.45, 2.75) is 50.6 Å². The van der Waals surface area contributed by atoms with Gasteiger partial charge in [-0.15, -0.1) is 0 Å². The topological polar surface area (TPSA) is 107 Å². The van der Waals surface area contributed by atoms with Crippen molar-refractivity contribution in [2.75, 3.05) is 26.1 Å². The normalized spacial score (nSPS) is 13.9. The molecule has 4 aromatic rings. The number of esters is 1. The molecule has 47 heavy (non-hydrogen) atoms. The van der Waals surface area contributed by atoms with E-state index in [4.69, 9.17) is 4.74 Å². The van der Waals surface area contributed by atoms with Crippen molar-refractivity contribution >= 4 is 50.0 Å². The average Bonchev–Trinajstić information content (AvgIpc) is 3.49. The van der Waals surface area contributed by atoms with Crippen molar-refractivity contribution in [2.24, 2.45) is 0 Å². The number of amides is 2. The minimum atomic E-state index is -4.58. The van der Waals surface area contributed by atoms with Crippen molar-refractivity contribution in [3.63, 3.8) is 0 Å². The fourth-order valence-electron chi connectivity index (χ4n) is 5.47. The molecule has 3 aromatic carbocycles. The van der Waals surface area contributed by atoms with Crippen LogP contribution in [0.25, 0.3) is 15.8 Å². The molecule has 2 N–H and O–H groups in total. The molecule has 0 fully saturated rings. The van der Waals surface area contributed by atoms with Crippen LogP contribution in [0.3, 0.4) is 0 Å². The number of rotatable bonds is 11. The number of methoxy groups -OCH3 is 2. The maximum absolute atomic E-state index is 13.9. The van der Waals surface area contributed by atoms with Crippen LogP contribution >= 0.6 is 11.3 Å². The SMILES string of the molecule is COC(=O)CCNC(=O)c1ccc(CC(C(=O)Nc2nc3cc(C(F)(F)F)cc(OC)c3s2)c2ccc(C3=CCCCC3)cc2)cc1. The molecule has 0 aliphatic heterocycles. The molecule has 1 unspecified atom stereocenters. The van der Waals surface area contributed by atoms with E-state index < -0.39 is 23.6 Å². The Balaban J connectivity index is 1.39. The Morgan fingerprint density at radius 2 is 1.74 bits per heavy atom. The second-order valence-electron chi connectivity index (χ2n) is 11.2. The third-order valence-corrected chi connectivity index (χ3v) is 9.02. The zero-order valence-electron chi connectivity index (χ0n) is 25.9. The smallest absolute Gasteiger partial charge is 0.416 e. The Kier molecular flexibility index (Phi) is 10.6. The summed E-state index contributed by atoms with van der Waals surface area (Å²) in [4.78, 5) is 42.0. The molecule has 12 heteroatoms. The van der Waals surface area contributed by atoms with Gasteiger partial charge in [0.15, 0.2) is 5.13 Å². The first kappa shape index (κ1) is 33.6. The zero-order valence-corrected chi connectivity index (χ0v) is 26.7. The third-order valence-electron chi connectivity index (χ3n) is 8.02. The van der Waals surface area contributed by atoms with E-state index in [1.165, 1.54) is 26.2 Å². The van der Waals surface area contributed by atoms with Crippen LogP contribution in [0.2, 0.25) is 0 Å². The molecule has 8 nitrogen and oxygen atoms in total. The van der Waals surface area contributed by atoms with E-state index in [-0.39, 0.29) is 47.6 Å². The number of benzene rings is 3. The van der Waals surface area contributed by atoms with Crippen LogP contribution in [-0.2, 0) is 26.9 Å². The predicted molar refractivity (Wildman–Crippen MR) is 175 cm³/mol. The van der Waals surface area contributed by atoms with Crippen LogP contribution in [-0.4, -0.2) is 43.5 Å². The standard InChI is InChI=1S/C35H34F3N3O5S/c1-45-29-20-26(35(36,37)38)19-28-31(29)47-34(40-28)41-33(44)27(24-14-12-23(13-15-24)22-6-4-3-5-7-22)18-21-8-10-25(11-9-21)32(43)39-17-16-30(42)46-2/h6,8-15,19-20,27H,3-5,7,16-18H2,1-2H3,(H,39,43)(H,40,41,44). The lowest BCUT2D eigenvalue weighted by atomic mass is 9.88. The molecule has 246 valence electrons. The molecule has 1 atom stereocenters. The summed E-state index contributed by atoms with van der Waals surface area (Å²) < 4.78 is 50.6. The first-order chi connectivity index (χ1) is 22.5. The Labute approximate surface area is 274 Å². The molecule has 0 spiro atoms. The predicted octanol–water partition coefficient (Wildman–Crippen LogP) is 7.54. The van der Waals surface area contributed by atoms with Gasteiger partial charge in [-0.05, 0) is 78.6 Å². The summed E-state index contributed by atoms with van der Waals surface area (Å²) in [5.74, 6) is -1.81. The van der Waals surface area contributed by atoms with E-state index in [0.29, 0.717) is 10.3 Å². The number of anilines is 1. The van der Waals surface area contributed by atoms with Crippen LogP contribution < -0.4 is 15.4 Å². The van der Waals surface area contributed by atoms with Gasteiger partial charge < -0.3 is 20.1 Å². The Bertz CT molecular complexity index is 1780. The number of allylic oxidation sites excluding steroid dienone is 2. The number of ether oxygens (including phenoxy) is 2. The van der Waals surface area contributed by atoms with Gasteiger partial charge >= 0.3 is 12.1 Å². The number of fused-ring (bicyclic) bond motifs is 1. The third kappa shape index (κ3) is 8.37. The highest BCUT2D eigenvalue weighted by molar-refractivity contribution is 7.22. The van der Waals surface area contributed by atoms with Gasteiger partial charge in [0.05, 0.1) is 42.3 Å². The molecule has 1 aliphatic carbocycles. The van der Waals surface area contributed by atoms with Crippen molar-refractivity contribution in [1.29, 1.82) is 0 Å². The number of carbonyl (C=O) groups is 3. The van der Waals surface area contributed by atoms with E-state index in [9.17, 15) is 27.6 Å². The number of nitrogens with zero attached hydrogens (tertiary/aromatic N) is 1. The molecular formula is C35H34F3N3O5S. The molecule has 5 rings (SSSR count). The van der Waals surface area contributed by atoms with Crippen LogP contribution in [0.5, 0.6) is 5.75 Å². The second-order valence-corrected chi connectivity index (χ2v) is 12.2. The number of hydrogen-bond donors (Lipinski definition) is 2. The average molecular weight is 666 g/mol. The number of thiazole rings is 1. The van der Waals surface area contributed by atoms with Crippen molar-refractivity contribution in [1.82, 2.24) is 10.3 Å². The molecule has 1 aromatic heterocycles. The van der Waals surface area contributed by atoms with Crippen LogP contribution in [0.4, 0.5) is 18.3 Å². The maximum Gasteiger partial charge on any atom is 0.416 e. The van der Waals surface area contributed by atoms with E-state index in [1.807, 2.05) is 24.3 Å². The van der Waals surface area contributed by atoms with E-state index in [2.05, 4.69) is 26.4 Å². The van der Waals surface area contributed by atoms with Gasteiger partial charge in [0.25, 0.3) is 5.91 Å². The van der Waals surface area contributed by atoms with Gasteiger partial charge in [-0.1, -0.05) is 53.8 Å². The molecule has 0 bridgehead atoms. The molecule has 0 saturated heterocycles. The largest absolute Gasteiger partial charge is 0.495 e. The summed E-state index contributed by atoms with van der Waals surface area (Å²) in [6.07, 6.45) is 2.35. The Hall–Kier alpha value is -4.71. The number of halogens is 3. The van der Waals surface area contributed by atoms with E-state index in [1.54, 1.807) is 24.3 Å². The molecule has 1 aliphatic rings. The zero-order chi connectivity index (χ0) is 33.6. The maximum atomic E-state index is 13.9. The van der Waals surface area contributed by atoms with Crippen LogP contribution in [0, 0.1) is 0 Å². The Morgan fingerprint density at radius 1 is 1.00 bits per heavy atom. The van der Waals surface area contributed by atoms with E-state index >= 15 is 0 Å². The fraction of sp³-hybridized carbons (Fsp3) is 0.314. The summed E-state index contributed by atoms with van der Waals surface area (Å²) in [6, 6.07) is 16.5. The van der Waals surface area contributed by atoms with Crippen molar-refractivity contribution < 1.29 is 37.0 Å². The molecule has 0 radical (unpaired) electrons. The van der Waals surface area contributed by atoms with E-state index in [0.717, 1.165) is 59.4 Å². The minimum Gasteiger partial charge on any atom is -0.495 e. The lowest BCUT2D eigenvalue weighted by Gasteiger charge is -2.18. The molecule has 0 saturated carbocycles. The number of alkyl halides is 3. The fourth-order valence-corrected chi connectivity index (χ4v) is 6.41. The quantitative estimate of drug-likeness (QED) is 0.160. The number of aromatic nitrogens is 1. The second kappa shape index (κ2) is 14.8. The Morgan fingerprint density at radius 3 is 2.38 bits per heavy atom. The number of nitrogens with one attached hydrogen (secondary N) is 2. The summed E-state index contributed by atoms with van der Waals surface area (Å²) in [7, 11) is 2.57. The van der Waals surface area contributed by atoms with Crippen molar-refractivity contribution in [3.8, 4) is 5.75 Å². The van der Waals surface area contributed by atoms with Crippen LogP contribution in [0.15, 0.2) is 66.7 Å². The summed E-state index contributed by atoms with van der Waals surface area (Å²) in [5.41, 5.74) is 3.50. The molecular weight excluding hydrogens is 631 g/mol. The number of hydrogen-bond acceptors (Lipinski definition) is 7. The molecule has 1 heterocycles. The van der Waals surface area contributed by atoms with Gasteiger partial charge in [-0.3, -0.25) is 14.4 Å².